The first-order valence-electron chi connectivity index (χ1n) is 13.5. The number of rotatable bonds is 12. The van der Waals surface area contributed by atoms with Crippen LogP contribution in [0.15, 0.2) is 77.7 Å². The zero-order valence-corrected chi connectivity index (χ0v) is 24.0. The quantitative estimate of drug-likeness (QED) is 0.241. The van der Waals surface area contributed by atoms with E-state index in [9.17, 15) is 14.0 Å². The number of thioether (sulfide) groups is 1. The van der Waals surface area contributed by atoms with E-state index in [4.69, 9.17) is 11.6 Å². The van der Waals surface area contributed by atoms with E-state index in [0.29, 0.717) is 12.1 Å². The molecule has 0 bridgehead atoms. The minimum Gasteiger partial charge on any atom is -0.371 e. The Morgan fingerprint density at radius 1 is 1.08 bits per heavy atom. The molecule has 0 aliphatic carbocycles. The van der Waals surface area contributed by atoms with Gasteiger partial charge < -0.3 is 15.1 Å². The lowest BCUT2D eigenvalue weighted by atomic mass is 10.0. The molecule has 0 aromatic heterocycles. The van der Waals surface area contributed by atoms with Crippen molar-refractivity contribution in [3.8, 4) is 0 Å². The molecule has 0 saturated heterocycles. The molecule has 0 unspecified atom stereocenters. The van der Waals surface area contributed by atoms with Crippen molar-refractivity contribution in [2.75, 3.05) is 29.4 Å². The largest absolute Gasteiger partial charge is 0.371 e. The lowest BCUT2D eigenvalue weighted by Gasteiger charge is -2.36. The summed E-state index contributed by atoms with van der Waals surface area (Å²) < 4.78 is 13.6. The van der Waals surface area contributed by atoms with Gasteiger partial charge in [0, 0.05) is 35.2 Å². The van der Waals surface area contributed by atoms with Crippen LogP contribution in [0.25, 0.3) is 0 Å². The number of amides is 2. The molecule has 39 heavy (non-hydrogen) atoms. The Kier molecular flexibility index (Phi) is 10.3. The highest BCUT2D eigenvalue weighted by Gasteiger charge is 2.39. The van der Waals surface area contributed by atoms with Crippen molar-refractivity contribution in [1.82, 2.24) is 5.32 Å². The number of halogens is 2. The van der Waals surface area contributed by atoms with Crippen LogP contribution in [0.5, 0.6) is 0 Å². The molecule has 4 rings (SSSR count). The van der Waals surface area contributed by atoms with E-state index in [2.05, 4.69) is 29.3 Å². The Labute approximate surface area is 239 Å². The van der Waals surface area contributed by atoms with Gasteiger partial charge in [0.1, 0.15) is 11.1 Å². The van der Waals surface area contributed by atoms with E-state index in [1.807, 2.05) is 42.5 Å². The van der Waals surface area contributed by atoms with Crippen LogP contribution in [0, 0.1) is 11.7 Å². The third-order valence-corrected chi connectivity index (χ3v) is 8.75. The number of anilines is 2. The van der Waals surface area contributed by atoms with Crippen LogP contribution in [0.2, 0.25) is 5.02 Å². The highest BCUT2D eigenvalue weighted by Crippen LogP contribution is 2.42. The van der Waals surface area contributed by atoms with Gasteiger partial charge in [0.2, 0.25) is 11.8 Å². The predicted octanol–water partition coefficient (Wildman–Crippen LogP) is 6.94. The highest BCUT2D eigenvalue weighted by atomic mass is 35.5. The normalized spacial score (nSPS) is 15.5. The maximum atomic E-state index is 13.7. The zero-order valence-electron chi connectivity index (χ0n) is 22.4. The van der Waals surface area contributed by atoms with Gasteiger partial charge in [-0.15, -0.1) is 11.8 Å². The summed E-state index contributed by atoms with van der Waals surface area (Å²) in [4.78, 5) is 31.8. The summed E-state index contributed by atoms with van der Waals surface area (Å²) in [6.07, 6.45) is 3.04. The van der Waals surface area contributed by atoms with Gasteiger partial charge >= 0.3 is 0 Å². The van der Waals surface area contributed by atoms with Gasteiger partial charge in [-0.25, -0.2) is 4.39 Å². The van der Waals surface area contributed by atoms with E-state index < -0.39 is 17.0 Å². The van der Waals surface area contributed by atoms with Gasteiger partial charge in [0.25, 0.3) is 0 Å². The smallest absolute Gasteiger partial charge is 0.241 e. The number of nitrogens with zero attached hydrogens (tertiary/aromatic N) is 2. The number of benzene rings is 3. The number of unbranched alkanes of at least 4 members (excludes halogenated alkanes) is 1. The molecule has 5 nitrogen and oxygen atoms in total. The van der Waals surface area contributed by atoms with Crippen molar-refractivity contribution in [2.45, 2.75) is 49.8 Å². The molecule has 0 saturated carbocycles. The van der Waals surface area contributed by atoms with Crippen LogP contribution in [0.3, 0.4) is 0 Å². The van der Waals surface area contributed by atoms with Gasteiger partial charge in [-0.2, -0.15) is 0 Å². The Bertz CT molecular complexity index is 1280. The summed E-state index contributed by atoms with van der Waals surface area (Å²) in [6.45, 7) is 6.55. The van der Waals surface area contributed by atoms with Crippen molar-refractivity contribution in [3.63, 3.8) is 0 Å². The summed E-state index contributed by atoms with van der Waals surface area (Å²) in [5.74, 6) is -1.26. The molecule has 0 fully saturated rings. The monoisotopic (exact) mass is 567 g/mol. The molecule has 1 N–H and O–H groups in total. The van der Waals surface area contributed by atoms with Crippen molar-refractivity contribution < 1.29 is 14.0 Å². The second-order valence-corrected chi connectivity index (χ2v) is 11.4. The number of para-hydroxylation sites is 2. The molecule has 0 radical (unpaired) electrons. The van der Waals surface area contributed by atoms with E-state index >= 15 is 0 Å². The summed E-state index contributed by atoms with van der Waals surface area (Å²) in [5, 5.41) is 2.74. The van der Waals surface area contributed by atoms with Crippen molar-refractivity contribution >= 4 is 46.6 Å². The van der Waals surface area contributed by atoms with Gasteiger partial charge in [0.05, 0.1) is 18.2 Å². The topological polar surface area (TPSA) is 52.7 Å². The molecule has 2 atom stereocenters. The molecule has 3 aromatic carbocycles. The van der Waals surface area contributed by atoms with Crippen LogP contribution in [0.1, 0.15) is 38.7 Å². The number of nitrogens with one attached hydrogen (secondary N) is 1. The van der Waals surface area contributed by atoms with Crippen molar-refractivity contribution in [3.05, 3.63) is 89.2 Å². The molecule has 2 amide bonds. The first-order chi connectivity index (χ1) is 18.9. The highest BCUT2D eigenvalue weighted by molar-refractivity contribution is 8.01. The lowest BCUT2D eigenvalue weighted by Crippen LogP contribution is -2.47. The lowest BCUT2D eigenvalue weighted by molar-refractivity contribution is -0.128. The first kappa shape index (κ1) is 29.0. The number of carbonyl (C=O) groups is 2. The van der Waals surface area contributed by atoms with Gasteiger partial charge in [-0.05, 0) is 54.8 Å². The van der Waals surface area contributed by atoms with E-state index in [-0.39, 0.29) is 23.4 Å². The second kappa shape index (κ2) is 13.9. The van der Waals surface area contributed by atoms with Crippen LogP contribution in [-0.2, 0) is 16.1 Å². The summed E-state index contributed by atoms with van der Waals surface area (Å²) in [6, 6.07) is 22.2. The molecular weight excluding hydrogens is 533 g/mol. The summed E-state index contributed by atoms with van der Waals surface area (Å²) in [5.41, 5.74) is 2.61. The van der Waals surface area contributed by atoms with E-state index in [1.165, 1.54) is 29.6 Å². The zero-order chi connectivity index (χ0) is 27.8. The van der Waals surface area contributed by atoms with E-state index in [1.54, 1.807) is 17.9 Å². The average molecular weight is 568 g/mol. The molecule has 8 heteroatoms. The maximum Gasteiger partial charge on any atom is 0.241 e. The van der Waals surface area contributed by atoms with Gasteiger partial charge in [-0.1, -0.05) is 68.3 Å². The van der Waals surface area contributed by atoms with E-state index in [0.717, 1.165) is 42.9 Å². The molecule has 3 aromatic rings. The van der Waals surface area contributed by atoms with Crippen molar-refractivity contribution in [1.29, 1.82) is 0 Å². The Morgan fingerprint density at radius 3 is 2.54 bits per heavy atom. The third kappa shape index (κ3) is 7.34. The second-order valence-electron chi connectivity index (χ2n) is 9.78. The Hall–Kier alpha value is -3.03. The van der Waals surface area contributed by atoms with Crippen LogP contribution in [0.4, 0.5) is 15.8 Å². The predicted molar refractivity (Wildman–Crippen MR) is 159 cm³/mol. The standard InChI is InChI=1S/C31H35ClFN3O2S/c1-3-4-18-35(25-11-6-5-7-12-25)19-10-17-34-30(37)22(2)29-31(38)36(27-13-8-9-14-28(27)39-29)21-23-15-16-24(33)20-26(23)32/h5-9,11-16,20,22,29H,3-4,10,17-19,21H2,1-2H3,(H,34,37)/t22-,29-/m1/s1. The minimum atomic E-state index is -0.579. The fourth-order valence-corrected chi connectivity index (χ4v) is 6.19. The number of hydrogen-bond donors (Lipinski definition) is 1. The van der Waals surface area contributed by atoms with Gasteiger partial charge in [-0.3, -0.25) is 9.59 Å². The molecule has 0 spiro atoms. The van der Waals surface area contributed by atoms with Crippen molar-refractivity contribution in [2.24, 2.45) is 5.92 Å². The maximum absolute atomic E-state index is 13.7. The van der Waals surface area contributed by atoms with Gasteiger partial charge in [0.15, 0.2) is 0 Å². The molecule has 1 aliphatic rings. The number of carbonyl (C=O) groups excluding carboxylic acids is 2. The summed E-state index contributed by atoms with van der Waals surface area (Å²) in [7, 11) is 0. The number of hydrogen-bond acceptors (Lipinski definition) is 4. The Morgan fingerprint density at radius 2 is 1.79 bits per heavy atom. The fourth-order valence-electron chi connectivity index (χ4n) is 4.68. The molecule has 1 heterocycles. The molecular formula is C31H35ClFN3O2S. The van der Waals surface area contributed by atoms with Crippen LogP contribution >= 0.6 is 23.4 Å². The van der Waals surface area contributed by atoms with Crippen LogP contribution in [-0.4, -0.2) is 36.7 Å². The van der Waals surface area contributed by atoms with Crippen LogP contribution < -0.4 is 15.1 Å². The summed E-state index contributed by atoms with van der Waals surface area (Å²) >= 11 is 7.70. The third-order valence-electron chi connectivity index (χ3n) is 6.94. The molecule has 206 valence electrons. The molecule has 1 aliphatic heterocycles. The first-order valence-corrected chi connectivity index (χ1v) is 14.7. The average Bonchev–Trinajstić information content (AvgIpc) is 2.95. The Balaban J connectivity index is 1.39. The minimum absolute atomic E-state index is 0.139. The fraction of sp³-hybridized carbons (Fsp3) is 0.355. The SMILES string of the molecule is CCCCN(CCCNC(=O)[C@H](C)[C@H]1Sc2ccccc2N(Cc2ccc(F)cc2Cl)C1=O)c1ccccc1. The number of fused-ring (bicyclic) bond motifs is 1.